The highest BCUT2D eigenvalue weighted by atomic mass is 16.3. The Balaban J connectivity index is 3.46. The minimum Gasteiger partial charge on any atom is -0.394 e. The van der Waals surface area contributed by atoms with Crippen LogP contribution in [0.4, 0.5) is 0 Å². The highest BCUT2D eigenvalue weighted by Gasteiger charge is 2.26. The number of aliphatic hydroxyl groups excluding tert-OH is 3. The Hall–Kier alpha value is -1.17. The molecule has 0 aliphatic heterocycles. The van der Waals surface area contributed by atoms with Crippen LogP contribution >= 0.6 is 0 Å². The first kappa shape index (κ1) is 69.8. The van der Waals surface area contributed by atoms with Gasteiger partial charge in [0, 0.05) is 6.42 Å². The molecule has 0 aliphatic carbocycles. The zero-order chi connectivity index (χ0) is 51.4. The van der Waals surface area contributed by atoms with Gasteiger partial charge in [0.2, 0.25) is 5.91 Å². The number of nitrogens with one attached hydrogen (secondary N) is 1. The van der Waals surface area contributed by atoms with E-state index in [9.17, 15) is 20.1 Å². The first-order chi connectivity index (χ1) is 35.1. The predicted octanol–water partition coefficient (Wildman–Crippen LogP) is 20.8. The normalized spacial score (nSPS) is 13.3. The summed E-state index contributed by atoms with van der Waals surface area (Å²) >= 11 is 0. The molecular weight excluding hydrogens is 871 g/mol. The third kappa shape index (κ3) is 56.4. The first-order valence-corrected chi connectivity index (χ1v) is 32.6. The van der Waals surface area contributed by atoms with Gasteiger partial charge in [-0.1, -0.05) is 340 Å². The molecule has 0 aliphatic rings. The topological polar surface area (TPSA) is 89.8 Å². The van der Waals surface area contributed by atoms with Gasteiger partial charge in [-0.05, 0) is 44.9 Å². The Morgan fingerprint density at radius 3 is 0.887 bits per heavy atom. The van der Waals surface area contributed by atoms with Crippen molar-refractivity contribution in [2.75, 3.05) is 6.61 Å². The third-order valence-electron chi connectivity index (χ3n) is 15.6. The Morgan fingerprint density at radius 2 is 0.606 bits per heavy atom. The van der Waals surface area contributed by atoms with Crippen LogP contribution in [0.2, 0.25) is 0 Å². The maximum atomic E-state index is 12.6. The summed E-state index contributed by atoms with van der Waals surface area (Å²) in [7, 11) is 0. The first-order valence-electron chi connectivity index (χ1n) is 32.6. The van der Waals surface area contributed by atoms with Crippen molar-refractivity contribution in [1.29, 1.82) is 0 Å². The lowest BCUT2D eigenvalue weighted by Gasteiger charge is -2.26. The summed E-state index contributed by atoms with van der Waals surface area (Å²) in [5, 5.41) is 33.9. The quantitative estimate of drug-likeness (QED) is 0.0361. The van der Waals surface area contributed by atoms with Crippen molar-refractivity contribution in [3.05, 3.63) is 24.3 Å². The molecule has 3 unspecified atom stereocenters. The van der Waals surface area contributed by atoms with Crippen LogP contribution in [0.15, 0.2) is 24.3 Å². The van der Waals surface area contributed by atoms with E-state index in [0.29, 0.717) is 12.8 Å². The average molecular weight is 1000 g/mol. The summed E-state index contributed by atoms with van der Waals surface area (Å²) in [6.07, 6.45) is 79.5. The zero-order valence-electron chi connectivity index (χ0n) is 48.4. The van der Waals surface area contributed by atoms with Gasteiger partial charge in [0.05, 0.1) is 18.8 Å². The summed E-state index contributed by atoms with van der Waals surface area (Å²) in [6.45, 7) is 4.23. The van der Waals surface area contributed by atoms with E-state index in [1.807, 2.05) is 0 Å². The van der Waals surface area contributed by atoms with Crippen molar-refractivity contribution < 1.29 is 20.1 Å². The molecule has 3 atom stereocenters. The van der Waals surface area contributed by atoms with Crippen molar-refractivity contribution in [3.63, 3.8) is 0 Å². The predicted molar refractivity (Wildman–Crippen MR) is 315 cm³/mol. The number of hydrogen-bond donors (Lipinski definition) is 4. The van der Waals surface area contributed by atoms with Gasteiger partial charge in [0.25, 0.3) is 0 Å². The van der Waals surface area contributed by atoms with Crippen molar-refractivity contribution in [1.82, 2.24) is 5.32 Å². The number of rotatable bonds is 61. The summed E-state index contributed by atoms with van der Waals surface area (Å²) in [5.41, 5.74) is 0. The third-order valence-corrected chi connectivity index (χ3v) is 15.6. The number of carbonyl (C=O) groups is 1. The minimum atomic E-state index is -1.14. The number of carbonyl (C=O) groups excluding carboxylic acids is 1. The van der Waals surface area contributed by atoms with Crippen LogP contribution < -0.4 is 5.32 Å². The summed E-state index contributed by atoms with van der Waals surface area (Å²) in [5.74, 6) is -0.138. The Bertz CT molecular complexity index is 1060. The van der Waals surface area contributed by atoms with Crippen molar-refractivity contribution >= 4 is 5.91 Å². The van der Waals surface area contributed by atoms with Crippen LogP contribution in [0.3, 0.4) is 0 Å². The highest BCUT2D eigenvalue weighted by Crippen LogP contribution is 2.19. The fraction of sp³-hybridized carbons (Fsp3) is 0.924. The molecule has 0 aromatic heterocycles. The fourth-order valence-corrected chi connectivity index (χ4v) is 10.6. The molecule has 0 spiro atoms. The van der Waals surface area contributed by atoms with Crippen LogP contribution in [0, 0.1) is 0 Å². The van der Waals surface area contributed by atoms with E-state index in [1.165, 1.54) is 302 Å². The van der Waals surface area contributed by atoms with E-state index in [-0.39, 0.29) is 12.5 Å². The van der Waals surface area contributed by atoms with E-state index in [1.54, 1.807) is 0 Å². The van der Waals surface area contributed by atoms with E-state index in [2.05, 4.69) is 43.5 Å². The van der Waals surface area contributed by atoms with Crippen molar-refractivity contribution in [2.24, 2.45) is 0 Å². The Kier molecular flexibility index (Phi) is 60.4. The number of hydrogen-bond acceptors (Lipinski definition) is 4. The zero-order valence-corrected chi connectivity index (χ0v) is 48.4. The Morgan fingerprint density at radius 1 is 0.352 bits per heavy atom. The lowest BCUT2D eigenvalue weighted by atomic mass is 9.99. The smallest absolute Gasteiger partial charge is 0.220 e. The molecule has 5 heteroatoms. The van der Waals surface area contributed by atoms with E-state index >= 15 is 0 Å². The number of unbranched alkanes of at least 4 members (excludes halogenated alkanes) is 49. The number of aliphatic hydroxyl groups is 3. The summed E-state index contributed by atoms with van der Waals surface area (Å²) in [4.78, 5) is 12.6. The molecule has 4 N–H and O–H groups in total. The molecule has 0 aromatic carbocycles. The molecule has 0 radical (unpaired) electrons. The number of allylic oxidation sites excluding steroid dienone is 4. The molecule has 1 amide bonds. The fourth-order valence-electron chi connectivity index (χ4n) is 10.6. The van der Waals surface area contributed by atoms with Crippen molar-refractivity contribution in [3.8, 4) is 0 Å². The van der Waals surface area contributed by atoms with Crippen LogP contribution in [-0.4, -0.2) is 46.1 Å². The summed E-state index contributed by atoms with van der Waals surface area (Å²) < 4.78 is 0. The number of amides is 1. The monoisotopic (exact) mass is 1000 g/mol. The highest BCUT2D eigenvalue weighted by molar-refractivity contribution is 5.76. The maximum Gasteiger partial charge on any atom is 0.220 e. The molecule has 0 heterocycles. The lowest BCUT2D eigenvalue weighted by Crippen LogP contribution is -2.50. The van der Waals surface area contributed by atoms with E-state index in [0.717, 1.165) is 38.5 Å². The van der Waals surface area contributed by atoms with Gasteiger partial charge in [-0.25, -0.2) is 0 Å². The lowest BCUT2D eigenvalue weighted by molar-refractivity contribution is -0.124. The van der Waals surface area contributed by atoms with Crippen LogP contribution in [0.5, 0.6) is 0 Å². The molecule has 0 fully saturated rings. The van der Waals surface area contributed by atoms with Gasteiger partial charge in [0.1, 0.15) is 6.10 Å². The van der Waals surface area contributed by atoms with Crippen LogP contribution in [0.25, 0.3) is 0 Å². The minimum absolute atomic E-state index is 0.138. The second-order valence-electron chi connectivity index (χ2n) is 22.7. The van der Waals surface area contributed by atoms with Gasteiger partial charge in [0.15, 0.2) is 0 Å². The van der Waals surface area contributed by atoms with Crippen molar-refractivity contribution in [2.45, 2.75) is 385 Å². The van der Waals surface area contributed by atoms with Gasteiger partial charge >= 0.3 is 0 Å². The van der Waals surface area contributed by atoms with E-state index < -0.39 is 18.2 Å². The molecule has 422 valence electrons. The van der Waals surface area contributed by atoms with Gasteiger partial charge in [-0.3, -0.25) is 4.79 Å². The summed E-state index contributed by atoms with van der Waals surface area (Å²) in [6, 6.07) is -0.808. The molecule has 0 saturated carbocycles. The molecule has 0 saturated heterocycles. The Labute approximate surface area is 445 Å². The molecule has 0 aromatic rings. The standard InChI is InChI=1S/C66H129NO4/c1-3-5-7-9-11-13-15-17-19-21-23-25-26-27-28-29-30-31-32-33-34-35-36-37-38-39-40-41-43-45-47-49-51-53-55-57-59-61-65(70)67-63(62-68)66(71)64(69)60-58-56-54-52-50-48-46-44-42-24-22-20-18-16-14-12-10-8-6-4-2/h28-29,31-32,63-64,66,68-69,71H,3-27,30,33-62H2,1-2H3,(H,67,70)/b29-28-,32-31-. The van der Waals surface area contributed by atoms with Crippen LogP contribution in [0.1, 0.15) is 367 Å². The molecule has 5 nitrogen and oxygen atoms in total. The molecule has 0 rings (SSSR count). The van der Waals surface area contributed by atoms with Crippen LogP contribution in [-0.2, 0) is 4.79 Å². The second kappa shape index (κ2) is 61.4. The van der Waals surface area contributed by atoms with Gasteiger partial charge < -0.3 is 20.6 Å². The average Bonchev–Trinajstić information content (AvgIpc) is 3.37. The van der Waals surface area contributed by atoms with E-state index in [4.69, 9.17) is 0 Å². The van der Waals surface area contributed by atoms with Gasteiger partial charge in [-0.15, -0.1) is 0 Å². The largest absolute Gasteiger partial charge is 0.394 e. The second-order valence-corrected chi connectivity index (χ2v) is 22.7. The SMILES string of the molecule is CCCCCCCCCCCCCCC/C=C\C/C=C\CCCCCCCCCCCCCCCCCCCC(=O)NC(CO)C(O)C(O)CCCCCCCCCCCCCCCCCCCCCC. The molecule has 0 bridgehead atoms. The molecular formula is C66H129NO4. The molecule has 71 heavy (non-hydrogen) atoms. The maximum absolute atomic E-state index is 12.6. The van der Waals surface area contributed by atoms with Gasteiger partial charge in [-0.2, -0.15) is 0 Å².